The fourth-order valence-corrected chi connectivity index (χ4v) is 2.66. The Morgan fingerprint density at radius 2 is 2.21 bits per heavy atom. The molecule has 2 rings (SSSR count). The number of nitriles is 1. The van der Waals surface area contributed by atoms with Gasteiger partial charge in [-0.3, -0.25) is 4.79 Å². The zero-order valence-corrected chi connectivity index (χ0v) is 15.0. The zero-order chi connectivity index (χ0) is 17.7. The minimum Gasteiger partial charge on any atom is -0.450 e. The van der Waals surface area contributed by atoms with Gasteiger partial charge >= 0.3 is 5.97 Å². The lowest BCUT2D eigenvalue weighted by atomic mass is 10.2. The molecule has 0 bridgehead atoms. The number of ether oxygens (including phenoxy) is 1. The SMILES string of the molecule is CCN(C[C@H](C)C#N)C(=O)COC(=O)c1cc2cccc(Br)c2o1. The van der Waals surface area contributed by atoms with Gasteiger partial charge in [-0.2, -0.15) is 5.26 Å². The number of esters is 1. The second-order valence-electron chi connectivity index (χ2n) is 5.31. The molecule has 0 aliphatic carbocycles. The van der Waals surface area contributed by atoms with Crippen LogP contribution in [0.1, 0.15) is 24.4 Å². The van der Waals surface area contributed by atoms with E-state index in [9.17, 15) is 9.59 Å². The van der Waals surface area contributed by atoms with E-state index < -0.39 is 5.97 Å². The van der Waals surface area contributed by atoms with E-state index in [-0.39, 0.29) is 24.2 Å². The van der Waals surface area contributed by atoms with Crippen LogP contribution in [0.5, 0.6) is 0 Å². The van der Waals surface area contributed by atoms with Gasteiger partial charge in [-0.1, -0.05) is 12.1 Å². The second kappa shape index (κ2) is 7.97. The van der Waals surface area contributed by atoms with Crippen LogP contribution in [0.25, 0.3) is 11.0 Å². The molecular formula is C17H17BrN2O4. The fraction of sp³-hybridized carbons (Fsp3) is 0.353. The van der Waals surface area contributed by atoms with Crippen molar-refractivity contribution in [3.05, 3.63) is 34.5 Å². The molecule has 7 heteroatoms. The molecule has 1 aromatic carbocycles. The fourth-order valence-electron chi connectivity index (χ4n) is 2.20. The van der Waals surface area contributed by atoms with E-state index in [1.807, 2.05) is 12.1 Å². The number of nitrogens with zero attached hydrogens (tertiary/aromatic N) is 2. The lowest BCUT2D eigenvalue weighted by Crippen LogP contribution is -2.37. The van der Waals surface area contributed by atoms with Crippen molar-refractivity contribution >= 4 is 38.8 Å². The lowest BCUT2D eigenvalue weighted by molar-refractivity contribution is -0.134. The maximum Gasteiger partial charge on any atom is 0.374 e. The summed E-state index contributed by atoms with van der Waals surface area (Å²) < 4.78 is 11.2. The third-order valence-electron chi connectivity index (χ3n) is 3.47. The Morgan fingerprint density at radius 1 is 1.46 bits per heavy atom. The third-order valence-corrected chi connectivity index (χ3v) is 4.10. The van der Waals surface area contributed by atoms with E-state index >= 15 is 0 Å². The largest absolute Gasteiger partial charge is 0.450 e. The molecule has 126 valence electrons. The first kappa shape index (κ1) is 18.0. The number of hydrogen-bond donors (Lipinski definition) is 0. The number of amides is 1. The predicted octanol–water partition coefficient (Wildman–Crippen LogP) is 3.36. The first-order valence-electron chi connectivity index (χ1n) is 7.48. The monoisotopic (exact) mass is 392 g/mol. The van der Waals surface area contributed by atoms with E-state index in [4.69, 9.17) is 14.4 Å². The quantitative estimate of drug-likeness (QED) is 0.703. The number of para-hydroxylation sites is 1. The van der Waals surface area contributed by atoms with E-state index in [2.05, 4.69) is 22.0 Å². The van der Waals surface area contributed by atoms with E-state index in [0.717, 1.165) is 9.86 Å². The Kier molecular flexibility index (Phi) is 5.99. The van der Waals surface area contributed by atoms with Crippen molar-refractivity contribution in [3.63, 3.8) is 0 Å². The Morgan fingerprint density at radius 3 is 2.83 bits per heavy atom. The molecule has 1 aromatic heterocycles. The minimum absolute atomic E-state index is 0.0399. The van der Waals surface area contributed by atoms with Gasteiger partial charge in [0.1, 0.15) is 5.58 Å². The number of carbonyl (C=O) groups is 2. The average molecular weight is 393 g/mol. The molecule has 1 amide bonds. The third kappa shape index (κ3) is 4.15. The van der Waals surface area contributed by atoms with Gasteiger partial charge in [0.15, 0.2) is 6.61 Å². The summed E-state index contributed by atoms with van der Waals surface area (Å²) in [6.45, 7) is 3.90. The maximum atomic E-state index is 12.1. The van der Waals surface area contributed by atoms with E-state index in [0.29, 0.717) is 18.7 Å². The summed E-state index contributed by atoms with van der Waals surface area (Å²) in [6.07, 6.45) is 0. The number of likely N-dealkylation sites (N-methyl/N-ethyl adjacent to an activating group) is 1. The number of benzene rings is 1. The van der Waals surface area contributed by atoms with Crippen molar-refractivity contribution in [2.45, 2.75) is 13.8 Å². The molecule has 0 fully saturated rings. The van der Waals surface area contributed by atoms with Crippen LogP contribution < -0.4 is 0 Å². The average Bonchev–Trinajstić information content (AvgIpc) is 3.02. The molecule has 24 heavy (non-hydrogen) atoms. The smallest absolute Gasteiger partial charge is 0.374 e. The van der Waals surface area contributed by atoms with Gasteiger partial charge in [-0.25, -0.2) is 4.79 Å². The number of furan rings is 1. The van der Waals surface area contributed by atoms with Crippen molar-refractivity contribution in [2.75, 3.05) is 19.7 Å². The molecule has 0 saturated carbocycles. The summed E-state index contributed by atoms with van der Waals surface area (Å²) in [6, 6.07) is 9.09. The number of halogens is 1. The van der Waals surface area contributed by atoms with Gasteiger partial charge in [0.25, 0.3) is 5.91 Å². The number of fused-ring (bicyclic) bond motifs is 1. The first-order valence-corrected chi connectivity index (χ1v) is 8.28. The number of hydrogen-bond acceptors (Lipinski definition) is 5. The van der Waals surface area contributed by atoms with Crippen molar-refractivity contribution in [2.24, 2.45) is 5.92 Å². The molecule has 0 aliphatic heterocycles. The summed E-state index contributed by atoms with van der Waals surface area (Å²) in [5.41, 5.74) is 0.550. The molecule has 1 atom stereocenters. The summed E-state index contributed by atoms with van der Waals surface area (Å²) in [5, 5.41) is 9.59. The van der Waals surface area contributed by atoms with Crippen molar-refractivity contribution in [1.82, 2.24) is 4.90 Å². The van der Waals surface area contributed by atoms with Crippen LogP contribution in [0.15, 0.2) is 33.2 Å². The topological polar surface area (TPSA) is 83.5 Å². The number of rotatable bonds is 6. The Bertz CT molecular complexity index is 793. The van der Waals surface area contributed by atoms with Gasteiger partial charge in [-0.05, 0) is 41.9 Å². The van der Waals surface area contributed by atoms with Crippen molar-refractivity contribution in [1.29, 1.82) is 5.26 Å². The van der Waals surface area contributed by atoms with Crippen LogP contribution in [0.3, 0.4) is 0 Å². The van der Waals surface area contributed by atoms with Gasteiger partial charge < -0.3 is 14.1 Å². The molecule has 6 nitrogen and oxygen atoms in total. The highest BCUT2D eigenvalue weighted by Gasteiger charge is 2.19. The molecule has 0 unspecified atom stereocenters. The molecular weight excluding hydrogens is 376 g/mol. The maximum absolute atomic E-state index is 12.1. The molecule has 2 aromatic rings. The number of carbonyl (C=O) groups excluding carboxylic acids is 2. The standard InChI is InChI=1S/C17H17BrN2O4/c1-3-20(9-11(2)8-19)15(21)10-23-17(22)14-7-12-5-4-6-13(18)16(12)24-14/h4-7,11H,3,9-10H2,1-2H3/t11-/m1/s1. The van der Waals surface area contributed by atoms with Gasteiger partial charge in [-0.15, -0.1) is 0 Å². The van der Waals surface area contributed by atoms with E-state index in [1.54, 1.807) is 26.0 Å². The summed E-state index contributed by atoms with van der Waals surface area (Å²) in [4.78, 5) is 25.6. The van der Waals surface area contributed by atoms with Crippen molar-refractivity contribution in [3.8, 4) is 6.07 Å². The normalized spacial score (nSPS) is 11.8. The lowest BCUT2D eigenvalue weighted by Gasteiger charge is -2.21. The summed E-state index contributed by atoms with van der Waals surface area (Å²) in [5.74, 6) is -1.28. The van der Waals surface area contributed by atoms with E-state index in [1.165, 1.54) is 4.90 Å². The molecule has 1 heterocycles. The van der Waals surface area contributed by atoms with Crippen LogP contribution in [0.4, 0.5) is 0 Å². The van der Waals surface area contributed by atoms with Gasteiger partial charge in [0, 0.05) is 18.5 Å². The Hall–Kier alpha value is -2.33. The highest BCUT2D eigenvalue weighted by Crippen LogP contribution is 2.27. The van der Waals surface area contributed by atoms with Crippen LogP contribution >= 0.6 is 15.9 Å². The predicted molar refractivity (Wildman–Crippen MR) is 91.2 cm³/mol. The molecule has 0 spiro atoms. The minimum atomic E-state index is -0.698. The molecule has 0 aliphatic rings. The summed E-state index contributed by atoms with van der Waals surface area (Å²) in [7, 11) is 0. The highest BCUT2D eigenvalue weighted by atomic mass is 79.9. The molecule has 0 saturated heterocycles. The van der Waals surface area contributed by atoms with Crippen LogP contribution in [0.2, 0.25) is 0 Å². The van der Waals surface area contributed by atoms with Crippen molar-refractivity contribution < 1.29 is 18.7 Å². The van der Waals surface area contributed by atoms with Gasteiger partial charge in [0.2, 0.25) is 5.76 Å². The zero-order valence-electron chi connectivity index (χ0n) is 13.4. The highest BCUT2D eigenvalue weighted by molar-refractivity contribution is 9.10. The summed E-state index contributed by atoms with van der Waals surface area (Å²) >= 11 is 3.35. The Balaban J connectivity index is 2.00. The second-order valence-corrected chi connectivity index (χ2v) is 6.16. The Labute approximate surface area is 148 Å². The van der Waals surface area contributed by atoms with Crippen LogP contribution in [0, 0.1) is 17.2 Å². The van der Waals surface area contributed by atoms with Crippen LogP contribution in [-0.2, 0) is 9.53 Å². The van der Waals surface area contributed by atoms with Gasteiger partial charge in [0.05, 0.1) is 16.5 Å². The first-order chi connectivity index (χ1) is 11.5. The molecule has 0 N–H and O–H groups in total. The van der Waals surface area contributed by atoms with Crippen LogP contribution in [-0.4, -0.2) is 36.5 Å². The molecule has 0 radical (unpaired) electrons.